The normalized spacial score (nSPS) is 11.1. The van der Waals surface area contributed by atoms with Gasteiger partial charge in [-0.1, -0.05) is 23.2 Å². The van der Waals surface area contributed by atoms with Crippen molar-refractivity contribution in [2.75, 3.05) is 6.61 Å². The van der Waals surface area contributed by atoms with Gasteiger partial charge in [-0.2, -0.15) is 0 Å². The average Bonchev–Trinajstić information content (AvgIpc) is 2.56. The monoisotopic (exact) mass is 388 g/mol. The maximum atomic E-state index is 12.2. The van der Waals surface area contributed by atoms with Gasteiger partial charge in [0.25, 0.3) is 15.9 Å². The van der Waals surface area contributed by atoms with Gasteiger partial charge < -0.3 is 4.74 Å². The van der Waals surface area contributed by atoms with Crippen LogP contribution in [-0.4, -0.2) is 20.9 Å². The summed E-state index contributed by atoms with van der Waals surface area (Å²) in [5.41, 5.74) is 2.38. The van der Waals surface area contributed by atoms with Gasteiger partial charge in [-0.25, -0.2) is 8.42 Å². The molecule has 0 heterocycles. The molecule has 0 saturated heterocycles. The Kier molecular flexibility index (Phi) is 6.06. The number of hydrogen-bond acceptors (Lipinski definition) is 4. The van der Waals surface area contributed by atoms with E-state index in [-0.39, 0.29) is 20.5 Å². The summed E-state index contributed by atoms with van der Waals surface area (Å²) in [4.78, 5) is 13.8. The molecule has 0 fully saturated rings. The van der Waals surface area contributed by atoms with Crippen LogP contribution in [-0.2, 0) is 10.0 Å². The summed E-state index contributed by atoms with van der Waals surface area (Å²) in [6, 6.07) is 10.3. The van der Waals surface area contributed by atoms with Crippen LogP contribution in [0.4, 0.5) is 0 Å². The molecular weight excluding hydrogens is 375 g/mol. The number of amides is 1. The van der Waals surface area contributed by atoms with Crippen LogP contribution in [0.25, 0.3) is 0 Å². The van der Waals surface area contributed by atoms with Crippen molar-refractivity contribution in [3.63, 3.8) is 0 Å². The number of sulfonamides is 1. The van der Waals surface area contributed by atoms with E-state index in [2.05, 4.69) is 5.43 Å². The van der Waals surface area contributed by atoms with Gasteiger partial charge in [-0.15, -0.1) is 4.83 Å². The Labute approximate surface area is 149 Å². The molecular formula is C15H14Cl2N2O4S. The first-order chi connectivity index (χ1) is 11.3. The SMILES string of the molecule is CCOc1ccc(C(=O)NNS(=O)(=O)c2cc(Cl)ccc2Cl)cc1. The van der Waals surface area contributed by atoms with Crippen molar-refractivity contribution in [2.45, 2.75) is 11.8 Å². The Morgan fingerprint density at radius 2 is 1.79 bits per heavy atom. The Bertz CT molecular complexity index is 839. The minimum absolute atomic E-state index is 0.0118. The average molecular weight is 389 g/mol. The first-order valence-electron chi connectivity index (χ1n) is 6.83. The van der Waals surface area contributed by atoms with Gasteiger partial charge in [0.05, 0.1) is 11.6 Å². The largest absolute Gasteiger partial charge is 0.494 e. The molecule has 0 aliphatic heterocycles. The molecule has 0 radical (unpaired) electrons. The molecule has 9 heteroatoms. The fourth-order valence-electron chi connectivity index (χ4n) is 1.79. The van der Waals surface area contributed by atoms with Gasteiger partial charge in [0, 0.05) is 10.6 Å². The predicted molar refractivity (Wildman–Crippen MR) is 91.9 cm³/mol. The third kappa shape index (κ3) is 4.61. The number of rotatable bonds is 6. The molecule has 0 spiro atoms. The predicted octanol–water partition coefficient (Wildman–Crippen LogP) is 3.02. The second-order valence-electron chi connectivity index (χ2n) is 4.59. The molecule has 0 unspecified atom stereocenters. The Morgan fingerprint density at radius 1 is 1.12 bits per heavy atom. The minimum Gasteiger partial charge on any atom is -0.494 e. The van der Waals surface area contributed by atoms with E-state index in [9.17, 15) is 13.2 Å². The Morgan fingerprint density at radius 3 is 2.42 bits per heavy atom. The standard InChI is InChI=1S/C15H14Cl2N2O4S/c1-2-23-12-6-3-10(4-7-12)15(20)18-19-24(21,22)14-9-11(16)5-8-13(14)17/h3-9,19H,2H2,1H3,(H,18,20). The van der Waals surface area contributed by atoms with E-state index in [1.807, 2.05) is 11.8 Å². The zero-order valence-corrected chi connectivity index (χ0v) is 14.9. The maximum absolute atomic E-state index is 12.2. The van der Waals surface area contributed by atoms with Crippen molar-refractivity contribution in [1.82, 2.24) is 10.3 Å². The van der Waals surface area contributed by atoms with Crippen molar-refractivity contribution in [3.05, 3.63) is 58.1 Å². The van der Waals surface area contributed by atoms with Gasteiger partial charge in [0.2, 0.25) is 0 Å². The molecule has 0 bridgehead atoms. The first-order valence-corrected chi connectivity index (χ1v) is 9.07. The fraction of sp³-hybridized carbons (Fsp3) is 0.133. The van der Waals surface area contributed by atoms with Crippen LogP contribution in [0.3, 0.4) is 0 Å². The van der Waals surface area contributed by atoms with E-state index in [0.717, 1.165) is 0 Å². The fourth-order valence-corrected chi connectivity index (χ4v) is 3.40. The van der Waals surface area contributed by atoms with E-state index in [1.165, 1.54) is 30.3 Å². The number of ether oxygens (including phenoxy) is 1. The Hall–Kier alpha value is -1.80. The van der Waals surface area contributed by atoms with Crippen LogP contribution >= 0.6 is 23.2 Å². The topological polar surface area (TPSA) is 84.5 Å². The van der Waals surface area contributed by atoms with Crippen molar-refractivity contribution in [1.29, 1.82) is 0 Å². The lowest BCUT2D eigenvalue weighted by Crippen LogP contribution is -2.41. The lowest BCUT2D eigenvalue weighted by Gasteiger charge is -2.10. The van der Waals surface area contributed by atoms with E-state index in [4.69, 9.17) is 27.9 Å². The zero-order chi connectivity index (χ0) is 17.7. The smallest absolute Gasteiger partial charge is 0.266 e. The molecule has 128 valence electrons. The number of nitrogens with one attached hydrogen (secondary N) is 2. The molecule has 6 nitrogen and oxygen atoms in total. The zero-order valence-electron chi connectivity index (χ0n) is 12.5. The van der Waals surface area contributed by atoms with Gasteiger partial charge in [-0.3, -0.25) is 10.2 Å². The van der Waals surface area contributed by atoms with Crippen molar-refractivity contribution < 1.29 is 17.9 Å². The van der Waals surface area contributed by atoms with Crippen LogP contribution in [0.1, 0.15) is 17.3 Å². The molecule has 2 N–H and O–H groups in total. The van der Waals surface area contributed by atoms with Crippen molar-refractivity contribution >= 4 is 39.1 Å². The van der Waals surface area contributed by atoms with E-state index in [1.54, 1.807) is 12.1 Å². The molecule has 0 aliphatic carbocycles. The van der Waals surface area contributed by atoms with E-state index in [0.29, 0.717) is 12.4 Å². The van der Waals surface area contributed by atoms with Crippen molar-refractivity contribution in [2.24, 2.45) is 0 Å². The number of benzene rings is 2. The van der Waals surface area contributed by atoms with E-state index >= 15 is 0 Å². The molecule has 24 heavy (non-hydrogen) atoms. The molecule has 0 aromatic heterocycles. The quantitative estimate of drug-likeness (QED) is 0.744. The second-order valence-corrected chi connectivity index (χ2v) is 7.09. The summed E-state index contributed by atoms with van der Waals surface area (Å²) in [5.74, 6) is -0.0138. The summed E-state index contributed by atoms with van der Waals surface area (Å²) >= 11 is 11.6. The molecule has 0 saturated carbocycles. The molecule has 0 atom stereocenters. The minimum atomic E-state index is -4.06. The number of carbonyl (C=O) groups is 1. The highest BCUT2D eigenvalue weighted by Gasteiger charge is 2.19. The molecule has 2 aromatic rings. The van der Waals surface area contributed by atoms with E-state index < -0.39 is 15.9 Å². The third-order valence-electron chi connectivity index (χ3n) is 2.91. The summed E-state index contributed by atoms with van der Waals surface area (Å²) in [6.45, 7) is 2.35. The van der Waals surface area contributed by atoms with Gasteiger partial charge in [-0.05, 0) is 49.4 Å². The van der Waals surface area contributed by atoms with Crippen LogP contribution in [0.15, 0.2) is 47.4 Å². The number of hydrazine groups is 1. The highest BCUT2D eigenvalue weighted by Crippen LogP contribution is 2.24. The van der Waals surface area contributed by atoms with Gasteiger partial charge in [0.1, 0.15) is 10.6 Å². The number of hydrogen-bond donors (Lipinski definition) is 2. The first kappa shape index (κ1) is 18.5. The molecule has 2 aromatic carbocycles. The molecule has 0 aliphatic rings. The van der Waals surface area contributed by atoms with Gasteiger partial charge in [0.15, 0.2) is 0 Å². The second kappa shape index (κ2) is 7.85. The highest BCUT2D eigenvalue weighted by atomic mass is 35.5. The van der Waals surface area contributed by atoms with Crippen LogP contribution in [0, 0.1) is 0 Å². The van der Waals surface area contributed by atoms with Crippen molar-refractivity contribution in [3.8, 4) is 5.75 Å². The van der Waals surface area contributed by atoms with Crippen LogP contribution < -0.4 is 15.0 Å². The number of halogens is 2. The maximum Gasteiger partial charge on any atom is 0.266 e. The molecule has 2 rings (SSSR count). The number of carbonyl (C=O) groups excluding carboxylic acids is 1. The molecule has 1 amide bonds. The lowest BCUT2D eigenvalue weighted by atomic mass is 10.2. The van der Waals surface area contributed by atoms with Gasteiger partial charge >= 0.3 is 0 Å². The third-order valence-corrected chi connectivity index (χ3v) is 4.87. The van der Waals surface area contributed by atoms with Crippen LogP contribution in [0.5, 0.6) is 5.75 Å². The Balaban J connectivity index is 2.08. The summed E-state index contributed by atoms with van der Waals surface area (Å²) < 4.78 is 29.6. The lowest BCUT2D eigenvalue weighted by molar-refractivity contribution is 0.0945. The van der Waals surface area contributed by atoms with Crippen LogP contribution in [0.2, 0.25) is 10.0 Å². The summed E-state index contributed by atoms with van der Waals surface area (Å²) in [6.07, 6.45) is 0. The highest BCUT2D eigenvalue weighted by molar-refractivity contribution is 7.89. The summed E-state index contributed by atoms with van der Waals surface area (Å²) in [5, 5.41) is 0.194. The summed E-state index contributed by atoms with van der Waals surface area (Å²) in [7, 11) is -4.06.